The third kappa shape index (κ3) is 1.59. The molecule has 1 heteroatoms. The minimum atomic E-state index is 0.259. The minimum Gasteiger partial charge on any atom is -0.117 e. The van der Waals surface area contributed by atoms with E-state index >= 15 is 0 Å². The second-order valence-electron chi connectivity index (χ2n) is 5.58. The third-order valence-electron chi connectivity index (χ3n) is 4.66. The van der Waals surface area contributed by atoms with Gasteiger partial charge in [-0.2, -0.15) is 0 Å². The molecule has 0 N–H and O–H groups in total. The number of fused-ring (bicyclic) bond motifs is 1. The van der Waals surface area contributed by atoms with Crippen molar-refractivity contribution in [1.29, 1.82) is 0 Å². The molecule has 0 aromatic heterocycles. The lowest BCUT2D eigenvalue weighted by atomic mass is 9.99. The van der Waals surface area contributed by atoms with Gasteiger partial charge >= 0.3 is 0 Å². The molecule has 0 saturated heterocycles. The van der Waals surface area contributed by atoms with Gasteiger partial charge in [0.15, 0.2) is 0 Å². The number of benzene rings is 1. The van der Waals surface area contributed by atoms with Crippen LogP contribution in [0.1, 0.15) is 41.3 Å². The van der Waals surface area contributed by atoms with Gasteiger partial charge in [-0.05, 0) is 61.1 Å². The first kappa shape index (κ1) is 10.7. The minimum absolute atomic E-state index is 0.259. The van der Waals surface area contributed by atoms with E-state index in [1.54, 1.807) is 0 Å². The molecule has 0 nitrogen and oxygen atoms in total. The number of alkyl halides is 1. The Morgan fingerprint density at radius 3 is 2.44 bits per heavy atom. The molecule has 0 bridgehead atoms. The summed E-state index contributed by atoms with van der Waals surface area (Å²) in [7, 11) is 0. The molecular weight excluding hydrogens is 216 g/mol. The summed E-state index contributed by atoms with van der Waals surface area (Å²) in [5.41, 5.74) is 4.07. The predicted molar refractivity (Wildman–Crippen MR) is 68.8 cm³/mol. The second kappa shape index (κ2) is 3.77. The van der Waals surface area contributed by atoms with Crippen molar-refractivity contribution < 1.29 is 0 Å². The third-order valence-corrected chi connectivity index (χ3v) is 5.20. The van der Waals surface area contributed by atoms with Crippen LogP contribution in [0.5, 0.6) is 0 Å². The van der Waals surface area contributed by atoms with Gasteiger partial charge in [-0.3, -0.25) is 0 Å². The Hall–Kier alpha value is -0.490. The second-order valence-corrected chi connectivity index (χ2v) is 6.05. The molecule has 3 atom stereocenters. The van der Waals surface area contributed by atoms with Crippen LogP contribution in [0.25, 0.3) is 0 Å². The molecule has 2 saturated carbocycles. The fraction of sp³-hybridized carbons (Fsp3) is 0.600. The monoisotopic (exact) mass is 234 g/mol. The molecule has 86 valence electrons. The van der Waals surface area contributed by atoms with E-state index in [9.17, 15) is 0 Å². The zero-order chi connectivity index (χ0) is 11.3. The zero-order valence-corrected chi connectivity index (χ0v) is 10.8. The van der Waals surface area contributed by atoms with Crippen LogP contribution < -0.4 is 0 Å². The normalized spacial score (nSPS) is 33.6. The van der Waals surface area contributed by atoms with E-state index in [0.717, 1.165) is 17.8 Å². The van der Waals surface area contributed by atoms with E-state index in [-0.39, 0.29) is 5.38 Å². The average Bonchev–Trinajstić information content (AvgIpc) is 2.74. The van der Waals surface area contributed by atoms with Crippen LogP contribution in [0.3, 0.4) is 0 Å². The SMILES string of the molecule is Cc1ccc(C(Cl)C2C3CCCC32)cc1C. The molecule has 1 aromatic rings. The van der Waals surface area contributed by atoms with E-state index in [1.165, 1.54) is 36.0 Å². The first-order chi connectivity index (χ1) is 7.68. The van der Waals surface area contributed by atoms with Crippen LogP contribution in [-0.2, 0) is 0 Å². The molecule has 1 aromatic carbocycles. The van der Waals surface area contributed by atoms with Crippen molar-refractivity contribution in [3.63, 3.8) is 0 Å². The van der Waals surface area contributed by atoms with E-state index in [0.29, 0.717) is 0 Å². The summed E-state index contributed by atoms with van der Waals surface area (Å²) in [6.45, 7) is 4.34. The first-order valence-electron chi connectivity index (χ1n) is 6.39. The van der Waals surface area contributed by atoms with Crippen LogP contribution in [-0.4, -0.2) is 0 Å². The maximum absolute atomic E-state index is 6.63. The van der Waals surface area contributed by atoms with Crippen LogP contribution in [0.4, 0.5) is 0 Å². The van der Waals surface area contributed by atoms with Gasteiger partial charge in [-0.15, -0.1) is 11.6 Å². The number of aryl methyl sites for hydroxylation is 2. The fourth-order valence-corrected chi connectivity index (χ4v) is 3.98. The Morgan fingerprint density at radius 1 is 1.12 bits per heavy atom. The summed E-state index contributed by atoms with van der Waals surface area (Å²) >= 11 is 6.63. The van der Waals surface area contributed by atoms with E-state index in [4.69, 9.17) is 11.6 Å². The van der Waals surface area contributed by atoms with E-state index < -0.39 is 0 Å². The van der Waals surface area contributed by atoms with Gasteiger partial charge in [-0.1, -0.05) is 24.6 Å². The molecule has 2 fully saturated rings. The molecule has 0 heterocycles. The Kier molecular flexibility index (Phi) is 2.51. The largest absolute Gasteiger partial charge is 0.117 e. The van der Waals surface area contributed by atoms with Crippen molar-refractivity contribution in [2.24, 2.45) is 17.8 Å². The van der Waals surface area contributed by atoms with Crippen LogP contribution >= 0.6 is 11.6 Å². The molecule has 2 aliphatic rings. The van der Waals surface area contributed by atoms with Crippen LogP contribution in [0.2, 0.25) is 0 Å². The van der Waals surface area contributed by atoms with Crippen molar-refractivity contribution in [2.75, 3.05) is 0 Å². The van der Waals surface area contributed by atoms with Crippen molar-refractivity contribution >= 4 is 11.6 Å². The smallest absolute Gasteiger partial charge is 0.0619 e. The number of hydrogen-bond acceptors (Lipinski definition) is 0. The molecule has 0 aliphatic heterocycles. The quantitative estimate of drug-likeness (QED) is 0.655. The standard InChI is InChI=1S/C15H19Cl/c1-9-6-7-11(8-10(9)2)15(16)14-12-4-3-5-13(12)14/h6-8,12-15H,3-5H2,1-2H3. The van der Waals surface area contributed by atoms with Crippen molar-refractivity contribution in [3.8, 4) is 0 Å². The van der Waals surface area contributed by atoms with Crippen LogP contribution in [0.15, 0.2) is 18.2 Å². The summed E-state index contributed by atoms with van der Waals surface area (Å²) in [5.74, 6) is 2.67. The first-order valence-corrected chi connectivity index (χ1v) is 6.83. The molecule has 16 heavy (non-hydrogen) atoms. The van der Waals surface area contributed by atoms with E-state index in [1.807, 2.05) is 0 Å². The average molecular weight is 235 g/mol. The van der Waals surface area contributed by atoms with Gasteiger partial charge in [-0.25, -0.2) is 0 Å². The molecule has 2 aliphatic carbocycles. The fourth-order valence-electron chi connectivity index (χ4n) is 3.47. The van der Waals surface area contributed by atoms with Gasteiger partial charge in [0.25, 0.3) is 0 Å². The highest BCUT2D eigenvalue weighted by Crippen LogP contribution is 2.63. The summed E-state index contributed by atoms with van der Waals surface area (Å²) in [4.78, 5) is 0. The molecule has 3 unspecified atom stereocenters. The highest BCUT2D eigenvalue weighted by molar-refractivity contribution is 6.21. The van der Waals surface area contributed by atoms with E-state index in [2.05, 4.69) is 32.0 Å². The van der Waals surface area contributed by atoms with Crippen molar-refractivity contribution in [1.82, 2.24) is 0 Å². The van der Waals surface area contributed by atoms with Crippen molar-refractivity contribution in [2.45, 2.75) is 38.5 Å². The van der Waals surface area contributed by atoms with Crippen molar-refractivity contribution in [3.05, 3.63) is 34.9 Å². The predicted octanol–water partition coefficient (Wildman–Crippen LogP) is 4.63. The highest BCUT2D eigenvalue weighted by atomic mass is 35.5. The summed E-state index contributed by atoms with van der Waals surface area (Å²) in [6.07, 6.45) is 4.27. The number of rotatable bonds is 2. The number of halogens is 1. The Balaban J connectivity index is 1.79. The van der Waals surface area contributed by atoms with Gasteiger partial charge in [0, 0.05) is 0 Å². The lowest BCUT2D eigenvalue weighted by Gasteiger charge is -2.13. The van der Waals surface area contributed by atoms with Gasteiger partial charge in [0.1, 0.15) is 0 Å². The maximum atomic E-state index is 6.63. The molecule has 0 radical (unpaired) electrons. The Bertz CT molecular complexity index is 400. The summed E-state index contributed by atoms with van der Waals surface area (Å²) in [6, 6.07) is 6.70. The lowest BCUT2D eigenvalue weighted by molar-refractivity contribution is 0.573. The van der Waals surface area contributed by atoms with Gasteiger partial charge < -0.3 is 0 Å². The molecule has 3 rings (SSSR count). The van der Waals surface area contributed by atoms with Crippen LogP contribution in [0, 0.1) is 31.6 Å². The zero-order valence-electron chi connectivity index (χ0n) is 10.0. The summed E-state index contributed by atoms with van der Waals surface area (Å²) < 4.78 is 0. The highest BCUT2D eigenvalue weighted by Gasteiger charge is 2.55. The number of hydrogen-bond donors (Lipinski definition) is 0. The van der Waals surface area contributed by atoms with Gasteiger partial charge in [0.2, 0.25) is 0 Å². The van der Waals surface area contributed by atoms with Gasteiger partial charge in [0.05, 0.1) is 5.38 Å². The molecule has 0 amide bonds. The topological polar surface area (TPSA) is 0 Å². The Labute approximate surface area is 103 Å². The Morgan fingerprint density at radius 2 is 1.81 bits per heavy atom. The maximum Gasteiger partial charge on any atom is 0.0619 e. The lowest BCUT2D eigenvalue weighted by Crippen LogP contribution is -1.99. The summed E-state index contributed by atoms with van der Waals surface area (Å²) in [5, 5.41) is 0.259. The molecular formula is C15H19Cl. The molecule has 0 spiro atoms.